The zero-order valence-corrected chi connectivity index (χ0v) is 17.0. The molecule has 0 aromatic carbocycles. The topological polar surface area (TPSA) is 113 Å². The van der Waals surface area contributed by atoms with Crippen molar-refractivity contribution in [2.75, 3.05) is 31.1 Å². The summed E-state index contributed by atoms with van der Waals surface area (Å²) < 4.78 is 0. The molecule has 0 radical (unpaired) electrons. The van der Waals surface area contributed by atoms with Gasteiger partial charge in [0, 0.05) is 50.7 Å². The molecule has 0 atom stereocenters. The van der Waals surface area contributed by atoms with E-state index in [4.69, 9.17) is 0 Å². The Bertz CT molecular complexity index is 625. The zero-order chi connectivity index (χ0) is 19.9. The molecule has 1 rings (SSSR count). The summed E-state index contributed by atoms with van der Waals surface area (Å²) in [5.41, 5.74) is 1.18. The standard InChI is InChI=1S/C17H25N5O3S2/c1-13(23)19-7-9-26-27-10-8-20-16(24)5-6-21-17(25)14-3-4-15(12-18-2)22-11-14/h3-4,11H,2,5-10,12H2,1H3,(H,19,23)(H,20,24)(H,21,25). The van der Waals surface area contributed by atoms with Gasteiger partial charge in [0.2, 0.25) is 11.8 Å². The van der Waals surface area contributed by atoms with E-state index in [-0.39, 0.29) is 30.7 Å². The van der Waals surface area contributed by atoms with Gasteiger partial charge in [-0.2, -0.15) is 0 Å². The third kappa shape index (κ3) is 11.3. The Hall–Kier alpha value is -2.07. The normalized spacial score (nSPS) is 10.1. The second-order valence-corrected chi connectivity index (χ2v) is 8.10. The number of rotatable bonds is 13. The number of hydrogen-bond donors (Lipinski definition) is 3. The van der Waals surface area contributed by atoms with E-state index in [2.05, 4.69) is 32.6 Å². The Morgan fingerprint density at radius 3 is 2.37 bits per heavy atom. The largest absolute Gasteiger partial charge is 0.355 e. The van der Waals surface area contributed by atoms with Gasteiger partial charge >= 0.3 is 0 Å². The minimum absolute atomic E-state index is 0.0294. The second-order valence-electron chi connectivity index (χ2n) is 5.40. The van der Waals surface area contributed by atoms with Crippen molar-refractivity contribution in [2.24, 2.45) is 4.99 Å². The summed E-state index contributed by atoms with van der Waals surface area (Å²) in [5.74, 6) is 1.20. The van der Waals surface area contributed by atoms with Crippen LogP contribution in [0.25, 0.3) is 0 Å². The van der Waals surface area contributed by atoms with Crippen molar-refractivity contribution in [3.63, 3.8) is 0 Å². The molecular weight excluding hydrogens is 386 g/mol. The van der Waals surface area contributed by atoms with Crippen LogP contribution in [0.5, 0.6) is 0 Å². The van der Waals surface area contributed by atoms with Crippen LogP contribution in [0, 0.1) is 0 Å². The highest BCUT2D eigenvalue weighted by atomic mass is 33.1. The van der Waals surface area contributed by atoms with Gasteiger partial charge in [-0.1, -0.05) is 21.6 Å². The monoisotopic (exact) mass is 411 g/mol. The lowest BCUT2D eigenvalue weighted by molar-refractivity contribution is -0.121. The number of aliphatic imine (C=N–C) groups is 1. The Labute approximate surface area is 167 Å². The van der Waals surface area contributed by atoms with Gasteiger partial charge in [0.05, 0.1) is 17.8 Å². The number of carbonyl (C=O) groups excluding carboxylic acids is 3. The van der Waals surface area contributed by atoms with Gasteiger partial charge < -0.3 is 16.0 Å². The zero-order valence-electron chi connectivity index (χ0n) is 15.3. The van der Waals surface area contributed by atoms with Crippen molar-refractivity contribution in [2.45, 2.75) is 19.9 Å². The van der Waals surface area contributed by atoms with E-state index in [0.29, 0.717) is 25.2 Å². The van der Waals surface area contributed by atoms with Crippen LogP contribution in [0.2, 0.25) is 0 Å². The molecule has 0 aliphatic heterocycles. The number of hydrogen-bond acceptors (Lipinski definition) is 7. The fourth-order valence-corrected chi connectivity index (χ4v) is 3.68. The maximum absolute atomic E-state index is 12.0. The van der Waals surface area contributed by atoms with Crippen LogP contribution >= 0.6 is 21.6 Å². The molecule has 27 heavy (non-hydrogen) atoms. The number of nitrogens with one attached hydrogen (secondary N) is 3. The number of carbonyl (C=O) groups is 3. The van der Waals surface area contributed by atoms with Gasteiger partial charge in [-0.15, -0.1) is 0 Å². The Balaban J connectivity index is 2.06. The highest BCUT2D eigenvalue weighted by molar-refractivity contribution is 8.76. The maximum Gasteiger partial charge on any atom is 0.252 e. The molecular formula is C17H25N5O3S2. The molecule has 0 saturated carbocycles. The average Bonchev–Trinajstić information content (AvgIpc) is 2.64. The fourth-order valence-electron chi connectivity index (χ4n) is 1.87. The predicted molar refractivity (Wildman–Crippen MR) is 111 cm³/mol. The van der Waals surface area contributed by atoms with E-state index in [1.165, 1.54) is 13.1 Å². The fraction of sp³-hybridized carbons (Fsp3) is 0.471. The van der Waals surface area contributed by atoms with Crippen LogP contribution in [0.15, 0.2) is 23.3 Å². The van der Waals surface area contributed by atoms with Crippen molar-refractivity contribution in [1.29, 1.82) is 0 Å². The Morgan fingerprint density at radius 2 is 1.78 bits per heavy atom. The molecule has 0 unspecified atom stereocenters. The number of pyridine rings is 1. The van der Waals surface area contributed by atoms with Crippen molar-refractivity contribution in [3.05, 3.63) is 29.6 Å². The summed E-state index contributed by atoms with van der Waals surface area (Å²) in [6, 6.07) is 3.39. The van der Waals surface area contributed by atoms with Gasteiger partial charge in [-0.25, -0.2) is 0 Å². The third-order valence-corrected chi connectivity index (χ3v) is 5.56. The van der Waals surface area contributed by atoms with E-state index in [9.17, 15) is 14.4 Å². The van der Waals surface area contributed by atoms with Crippen molar-refractivity contribution in [3.8, 4) is 0 Å². The van der Waals surface area contributed by atoms with Gasteiger partial charge in [-0.3, -0.25) is 24.4 Å². The molecule has 1 aromatic rings. The molecule has 0 aliphatic rings. The Morgan fingerprint density at radius 1 is 1.07 bits per heavy atom. The summed E-state index contributed by atoms with van der Waals surface area (Å²) >= 11 is 0. The van der Waals surface area contributed by atoms with Gasteiger partial charge in [-0.05, 0) is 18.9 Å². The molecule has 0 spiro atoms. The molecule has 1 aromatic heterocycles. The van der Waals surface area contributed by atoms with Crippen molar-refractivity contribution in [1.82, 2.24) is 20.9 Å². The summed E-state index contributed by atoms with van der Waals surface area (Å²) in [5, 5.41) is 8.22. The van der Waals surface area contributed by atoms with E-state index in [0.717, 1.165) is 17.2 Å². The third-order valence-electron chi connectivity index (χ3n) is 3.15. The summed E-state index contributed by atoms with van der Waals surface area (Å²) in [4.78, 5) is 42.2. The van der Waals surface area contributed by atoms with E-state index < -0.39 is 0 Å². The lowest BCUT2D eigenvalue weighted by Gasteiger charge is -2.07. The van der Waals surface area contributed by atoms with E-state index >= 15 is 0 Å². The van der Waals surface area contributed by atoms with Crippen LogP contribution < -0.4 is 16.0 Å². The summed E-state index contributed by atoms with van der Waals surface area (Å²) in [7, 11) is 3.29. The van der Waals surface area contributed by atoms with E-state index in [1.54, 1.807) is 33.7 Å². The van der Waals surface area contributed by atoms with Gasteiger partial charge in [0.1, 0.15) is 0 Å². The van der Waals surface area contributed by atoms with Gasteiger partial charge in [0.15, 0.2) is 0 Å². The molecule has 8 nitrogen and oxygen atoms in total. The number of aromatic nitrogens is 1. The predicted octanol–water partition coefficient (Wildman–Crippen LogP) is 1.04. The first-order chi connectivity index (χ1) is 13.0. The number of nitrogens with zero attached hydrogens (tertiary/aromatic N) is 2. The second kappa shape index (κ2) is 14.0. The highest BCUT2D eigenvalue weighted by Crippen LogP contribution is 2.19. The summed E-state index contributed by atoms with van der Waals surface area (Å²) in [6.07, 6.45) is 1.70. The molecule has 0 fully saturated rings. The minimum Gasteiger partial charge on any atom is -0.355 e. The quantitative estimate of drug-likeness (QED) is 0.254. The molecule has 0 saturated heterocycles. The Kier molecular flexibility index (Phi) is 11.9. The lowest BCUT2D eigenvalue weighted by atomic mass is 10.2. The van der Waals surface area contributed by atoms with Crippen LogP contribution in [0.4, 0.5) is 0 Å². The van der Waals surface area contributed by atoms with Crippen molar-refractivity contribution < 1.29 is 14.4 Å². The van der Waals surface area contributed by atoms with E-state index in [1.807, 2.05) is 0 Å². The van der Waals surface area contributed by atoms with Gasteiger partial charge in [0.25, 0.3) is 5.91 Å². The average molecular weight is 412 g/mol. The summed E-state index contributed by atoms with van der Waals surface area (Å²) in [6.45, 7) is 6.76. The first kappa shape index (κ1) is 23.0. The minimum atomic E-state index is -0.264. The number of amides is 3. The molecule has 10 heteroatoms. The van der Waals surface area contributed by atoms with Crippen LogP contribution in [-0.4, -0.2) is 60.6 Å². The molecule has 0 aliphatic carbocycles. The molecule has 148 valence electrons. The van der Waals surface area contributed by atoms with Crippen LogP contribution in [-0.2, 0) is 16.1 Å². The molecule has 3 amide bonds. The molecule has 0 bridgehead atoms. The molecule has 1 heterocycles. The first-order valence-corrected chi connectivity index (χ1v) is 10.9. The smallest absolute Gasteiger partial charge is 0.252 e. The van der Waals surface area contributed by atoms with Crippen molar-refractivity contribution >= 4 is 46.0 Å². The first-order valence-electron chi connectivity index (χ1n) is 8.44. The van der Waals surface area contributed by atoms with Crippen LogP contribution in [0.3, 0.4) is 0 Å². The highest BCUT2D eigenvalue weighted by Gasteiger charge is 2.07. The lowest BCUT2D eigenvalue weighted by Crippen LogP contribution is -2.31. The maximum atomic E-state index is 12.0. The molecule has 3 N–H and O–H groups in total. The van der Waals surface area contributed by atoms with Crippen LogP contribution in [0.1, 0.15) is 29.4 Å². The SMILES string of the molecule is C=NCc1ccc(C(=O)NCCC(=O)NCCSSCCNC(C)=O)cn1.